The van der Waals surface area contributed by atoms with Crippen LogP contribution in [-0.4, -0.2) is 28.1 Å². The van der Waals surface area contributed by atoms with Crippen molar-refractivity contribution >= 4 is 23.5 Å². The Labute approximate surface area is 114 Å². The summed E-state index contributed by atoms with van der Waals surface area (Å²) in [6.45, 7) is 0.201. The maximum absolute atomic E-state index is 10.8. The molecule has 19 heavy (non-hydrogen) atoms. The number of carboxylic acid groups (broad SMARTS) is 1. The third-order valence-electron chi connectivity index (χ3n) is 2.40. The number of anilines is 1. The molecule has 0 aliphatic heterocycles. The van der Waals surface area contributed by atoms with Crippen molar-refractivity contribution in [2.75, 3.05) is 12.4 Å². The van der Waals surface area contributed by atoms with Gasteiger partial charge in [0.15, 0.2) is 5.82 Å². The van der Waals surface area contributed by atoms with Crippen molar-refractivity contribution in [1.82, 2.24) is 9.78 Å². The van der Waals surface area contributed by atoms with Gasteiger partial charge in [0, 0.05) is 7.11 Å². The molecule has 0 unspecified atom stereocenters. The number of carbonyl (C=O) groups is 1. The lowest BCUT2D eigenvalue weighted by Gasteiger charge is -2.06. The van der Waals surface area contributed by atoms with Crippen LogP contribution in [-0.2, 0) is 11.3 Å². The fraction of sp³-hybridized carbons (Fsp3) is 0.167. The number of nitrogens with one attached hydrogen (secondary N) is 1. The van der Waals surface area contributed by atoms with E-state index in [2.05, 4.69) is 10.4 Å². The summed E-state index contributed by atoms with van der Waals surface area (Å²) in [5.41, 5.74) is 1.17. The van der Waals surface area contributed by atoms with Crippen molar-refractivity contribution in [2.45, 2.75) is 6.61 Å². The van der Waals surface area contributed by atoms with E-state index in [1.165, 1.54) is 11.8 Å². The smallest absolute Gasteiger partial charge is 0.410 e. The monoisotopic (exact) mass is 281 g/mol. The molecule has 1 aromatic carbocycles. The number of ether oxygens (including phenoxy) is 1. The summed E-state index contributed by atoms with van der Waals surface area (Å²) in [5, 5.41) is 15.6. The second kappa shape index (κ2) is 5.73. The lowest BCUT2D eigenvalue weighted by Crippen LogP contribution is -2.12. The van der Waals surface area contributed by atoms with Crippen LogP contribution in [0, 0.1) is 0 Å². The van der Waals surface area contributed by atoms with Crippen LogP contribution in [0.3, 0.4) is 0 Å². The molecule has 0 radical (unpaired) electrons. The number of para-hydroxylation sites is 1. The Morgan fingerprint density at radius 2 is 2.16 bits per heavy atom. The van der Waals surface area contributed by atoms with Crippen molar-refractivity contribution in [3.8, 4) is 5.69 Å². The third-order valence-corrected chi connectivity index (χ3v) is 2.80. The van der Waals surface area contributed by atoms with Crippen LogP contribution in [0.15, 0.2) is 30.3 Å². The highest BCUT2D eigenvalue weighted by Gasteiger charge is 2.18. The van der Waals surface area contributed by atoms with Crippen molar-refractivity contribution in [1.29, 1.82) is 0 Å². The van der Waals surface area contributed by atoms with Crippen LogP contribution in [0.5, 0.6) is 0 Å². The van der Waals surface area contributed by atoms with E-state index in [4.69, 9.17) is 21.4 Å². The molecule has 7 heteroatoms. The van der Waals surface area contributed by atoms with Crippen LogP contribution >= 0.6 is 11.6 Å². The topological polar surface area (TPSA) is 76.4 Å². The molecule has 0 spiro atoms. The molecule has 100 valence electrons. The van der Waals surface area contributed by atoms with Crippen LogP contribution in [0.25, 0.3) is 5.69 Å². The number of methoxy groups -OCH3 is 1. The summed E-state index contributed by atoms with van der Waals surface area (Å²) in [5.74, 6) is 0.201. The minimum atomic E-state index is -1.21. The second-order valence-corrected chi connectivity index (χ2v) is 4.10. The van der Waals surface area contributed by atoms with Gasteiger partial charge in [-0.15, -0.1) is 0 Å². The Morgan fingerprint density at radius 3 is 2.74 bits per heavy atom. The lowest BCUT2D eigenvalue weighted by atomic mass is 10.3. The molecule has 0 saturated carbocycles. The highest BCUT2D eigenvalue weighted by Crippen LogP contribution is 2.29. The van der Waals surface area contributed by atoms with Gasteiger partial charge < -0.3 is 9.84 Å². The number of amides is 1. The zero-order valence-electron chi connectivity index (χ0n) is 10.1. The first-order valence-electron chi connectivity index (χ1n) is 5.45. The van der Waals surface area contributed by atoms with E-state index in [1.807, 2.05) is 18.2 Å². The maximum Gasteiger partial charge on any atom is 0.410 e. The van der Waals surface area contributed by atoms with Crippen LogP contribution in [0.2, 0.25) is 5.02 Å². The second-order valence-electron chi connectivity index (χ2n) is 3.72. The van der Waals surface area contributed by atoms with Gasteiger partial charge in [-0.3, -0.25) is 5.32 Å². The van der Waals surface area contributed by atoms with Crippen molar-refractivity contribution < 1.29 is 14.6 Å². The van der Waals surface area contributed by atoms with Crippen molar-refractivity contribution in [3.05, 3.63) is 41.0 Å². The Kier molecular flexibility index (Phi) is 4.03. The number of aromatic nitrogens is 2. The van der Waals surface area contributed by atoms with E-state index >= 15 is 0 Å². The fourth-order valence-electron chi connectivity index (χ4n) is 1.64. The highest BCUT2D eigenvalue weighted by atomic mass is 35.5. The molecule has 0 aliphatic carbocycles. The molecule has 1 heterocycles. The molecule has 2 aromatic rings. The molecule has 1 aromatic heterocycles. The normalized spacial score (nSPS) is 10.4. The van der Waals surface area contributed by atoms with Crippen LogP contribution in [0.1, 0.15) is 5.69 Å². The standard InChI is InChI=1S/C12H12ClN3O3/c1-19-7-9-10(13)11(14-12(17)18)16(15-9)8-5-3-2-4-6-8/h2-6,14H,7H2,1H3,(H,17,18). The van der Waals surface area contributed by atoms with E-state index in [9.17, 15) is 4.79 Å². The summed E-state index contributed by atoms with van der Waals surface area (Å²) in [4.78, 5) is 10.8. The maximum atomic E-state index is 10.8. The molecule has 2 N–H and O–H groups in total. The first kappa shape index (κ1) is 13.4. The van der Waals surface area contributed by atoms with Gasteiger partial charge in [0.1, 0.15) is 10.7 Å². The summed E-state index contributed by atoms with van der Waals surface area (Å²) >= 11 is 6.11. The van der Waals surface area contributed by atoms with Crippen LogP contribution < -0.4 is 5.32 Å². The zero-order valence-corrected chi connectivity index (χ0v) is 10.9. The molecule has 0 atom stereocenters. The van der Waals surface area contributed by atoms with E-state index < -0.39 is 6.09 Å². The average Bonchev–Trinajstić information content (AvgIpc) is 2.69. The molecule has 0 bridgehead atoms. The minimum Gasteiger partial charge on any atom is -0.465 e. The average molecular weight is 282 g/mol. The molecule has 0 fully saturated rings. The molecule has 1 amide bonds. The van der Waals surface area contributed by atoms with Crippen molar-refractivity contribution in [2.24, 2.45) is 0 Å². The number of hydrogen-bond donors (Lipinski definition) is 2. The predicted molar refractivity (Wildman–Crippen MR) is 70.9 cm³/mol. The summed E-state index contributed by atoms with van der Waals surface area (Å²) in [6, 6.07) is 9.10. The third kappa shape index (κ3) is 2.86. The first-order valence-corrected chi connectivity index (χ1v) is 5.83. The molecule has 0 saturated heterocycles. The Hall–Kier alpha value is -2.05. The summed E-state index contributed by atoms with van der Waals surface area (Å²) < 4.78 is 6.42. The van der Waals surface area contributed by atoms with E-state index in [0.717, 1.165) is 0 Å². The van der Waals surface area contributed by atoms with Gasteiger partial charge in [-0.1, -0.05) is 29.8 Å². The molecule has 6 nitrogen and oxygen atoms in total. The van der Waals surface area contributed by atoms with E-state index in [-0.39, 0.29) is 17.4 Å². The fourth-order valence-corrected chi connectivity index (χ4v) is 1.86. The molecule has 0 aliphatic rings. The Balaban J connectivity index is 2.52. The SMILES string of the molecule is COCc1nn(-c2ccccc2)c(NC(=O)O)c1Cl. The number of benzene rings is 1. The first-order chi connectivity index (χ1) is 9.13. The van der Waals surface area contributed by atoms with Gasteiger partial charge in [0.2, 0.25) is 0 Å². The Bertz CT molecular complexity index is 583. The van der Waals surface area contributed by atoms with Gasteiger partial charge in [0.25, 0.3) is 0 Å². The number of rotatable bonds is 4. The van der Waals surface area contributed by atoms with Crippen molar-refractivity contribution in [3.63, 3.8) is 0 Å². The minimum absolute atomic E-state index is 0.201. The zero-order chi connectivity index (χ0) is 13.8. The highest BCUT2D eigenvalue weighted by molar-refractivity contribution is 6.34. The van der Waals surface area contributed by atoms with Gasteiger partial charge >= 0.3 is 6.09 Å². The van der Waals surface area contributed by atoms with Gasteiger partial charge in [-0.25, -0.2) is 9.48 Å². The van der Waals surface area contributed by atoms with E-state index in [0.29, 0.717) is 11.4 Å². The molecular formula is C12H12ClN3O3. The van der Waals surface area contributed by atoms with Gasteiger partial charge in [-0.2, -0.15) is 5.10 Å². The largest absolute Gasteiger partial charge is 0.465 e. The predicted octanol–water partition coefficient (Wildman–Crippen LogP) is 2.76. The molecular weight excluding hydrogens is 270 g/mol. The summed E-state index contributed by atoms with van der Waals surface area (Å²) in [6.07, 6.45) is -1.21. The number of nitrogens with zero attached hydrogens (tertiary/aromatic N) is 2. The van der Waals surface area contributed by atoms with Gasteiger partial charge in [-0.05, 0) is 12.1 Å². The molecule has 2 rings (SSSR count). The number of hydrogen-bond acceptors (Lipinski definition) is 3. The van der Waals surface area contributed by atoms with Gasteiger partial charge in [0.05, 0.1) is 12.3 Å². The summed E-state index contributed by atoms with van der Waals surface area (Å²) in [7, 11) is 1.52. The van der Waals surface area contributed by atoms with Crippen LogP contribution in [0.4, 0.5) is 10.6 Å². The quantitative estimate of drug-likeness (QED) is 0.903. The lowest BCUT2D eigenvalue weighted by molar-refractivity contribution is 0.181. The Morgan fingerprint density at radius 1 is 1.47 bits per heavy atom. The number of halogens is 1. The van der Waals surface area contributed by atoms with E-state index in [1.54, 1.807) is 12.1 Å².